The highest BCUT2D eigenvalue weighted by Crippen LogP contribution is 2.28. The normalized spacial score (nSPS) is 12.4. The summed E-state index contributed by atoms with van der Waals surface area (Å²) in [7, 11) is 0. The number of nitrogens with two attached hydrogens (primary N) is 2. The lowest BCUT2D eigenvalue weighted by atomic mass is 10.1. The van der Waals surface area contributed by atoms with Gasteiger partial charge in [-0.3, -0.25) is 11.5 Å². The third kappa shape index (κ3) is 5.12. The zero-order valence-corrected chi connectivity index (χ0v) is 14.0. The molecule has 2 aromatic carbocycles. The molecule has 0 radical (unpaired) electrons. The number of aliphatic hydroxyl groups excluding tert-OH is 1. The van der Waals surface area contributed by atoms with E-state index in [2.05, 4.69) is 4.98 Å². The third-order valence-corrected chi connectivity index (χ3v) is 3.21. The third-order valence-electron chi connectivity index (χ3n) is 3.21. The van der Waals surface area contributed by atoms with Crippen LogP contribution in [-0.4, -0.2) is 33.1 Å². The van der Waals surface area contributed by atoms with E-state index in [0.717, 1.165) is 21.8 Å². The Morgan fingerprint density at radius 3 is 2.36 bits per heavy atom. The van der Waals surface area contributed by atoms with Crippen molar-refractivity contribution in [3.63, 3.8) is 0 Å². The molecule has 0 amide bonds. The molecule has 1 atom stereocenters. The molecule has 1 heterocycles. The summed E-state index contributed by atoms with van der Waals surface area (Å²) < 4.78 is 5.58. The lowest BCUT2D eigenvalue weighted by Gasteiger charge is -2.21. The minimum absolute atomic E-state index is 0.642. The number of aliphatic hydroxyl groups is 1. The van der Waals surface area contributed by atoms with Gasteiger partial charge < -0.3 is 14.9 Å². The predicted octanol–water partition coefficient (Wildman–Crippen LogP) is 1.81. The Morgan fingerprint density at radius 2 is 1.76 bits per heavy atom. The molecular weight excluding hydrogens is 322 g/mol. The van der Waals surface area contributed by atoms with Gasteiger partial charge in [-0.05, 0) is 31.2 Å². The number of hydrogen-bond donors (Lipinski definition) is 4. The number of hydrogen-bond acceptors (Lipinski definition) is 6. The molecule has 0 aliphatic heterocycles. The van der Waals surface area contributed by atoms with Gasteiger partial charge in [-0.15, -0.1) is 0 Å². The van der Waals surface area contributed by atoms with Crippen LogP contribution in [-0.2, 0) is 4.79 Å². The number of fused-ring (bicyclic) bond motifs is 2. The monoisotopic (exact) mass is 343 g/mol. The second-order valence-electron chi connectivity index (χ2n) is 5.80. The SMILES string of the molecule is CC(N)(N)Oc1cccc2nc3ccccc3cc12.CC(O)C(=O)O. The topological polar surface area (TPSA) is 132 Å². The molecule has 3 rings (SSSR count). The molecule has 0 saturated heterocycles. The number of para-hydroxylation sites is 1. The standard InChI is InChI=1S/C15H15N3O.C3H6O3/c1-15(16,17)19-14-8-4-7-13-11(14)9-10-5-2-3-6-12(10)18-13;1-2(4)3(5)6/h2-9H,16-17H2,1H3;2,4H,1H3,(H,5,6). The number of carboxylic acid groups (broad SMARTS) is 1. The summed E-state index contributed by atoms with van der Waals surface area (Å²) in [6, 6.07) is 15.7. The van der Waals surface area contributed by atoms with Gasteiger partial charge in [0.1, 0.15) is 11.9 Å². The van der Waals surface area contributed by atoms with E-state index >= 15 is 0 Å². The predicted molar refractivity (Wildman–Crippen MR) is 96.0 cm³/mol. The van der Waals surface area contributed by atoms with E-state index < -0.39 is 17.9 Å². The highest BCUT2D eigenvalue weighted by atomic mass is 16.5. The molecule has 0 aliphatic rings. The van der Waals surface area contributed by atoms with Crippen molar-refractivity contribution < 1.29 is 19.7 Å². The largest absolute Gasteiger partial charge is 0.479 e. The Hall–Kier alpha value is -2.74. The van der Waals surface area contributed by atoms with E-state index in [1.54, 1.807) is 6.92 Å². The highest BCUT2D eigenvalue weighted by Gasteiger charge is 2.15. The molecule has 132 valence electrons. The molecule has 7 nitrogen and oxygen atoms in total. The van der Waals surface area contributed by atoms with Crippen molar-refractivity contribution in [1.29, 1.82) is 0 Å². The van der Waals surface area contributed by atoms with Gasteiger partial charge in [0.25, 0.3) is 0 Å². The molecule has 0 bridgehead atoms. The molecule has 0 saturated carbocycles. The Bertz CT molecular complexity index is 888. The maximum Gasteiger partial charge on any atom is 0.332 e. The van der Waals surface area contributed by atoms with Crippen LogP contribution in [0.1, 0.15) is 13.8 Å². The second kappa shape index (κ2) is 7.43. The number of pyridine rings is 1. The van der Waals surface area contributed by atoms with Crippen LogP contribution in [0, 0.1) is 0 Å². The van der Waals surface area contributed by atoms with Crippen molar-refractivity contribution in [3.8, 4) is 5.75 Å². The van der Waals surface area contributed by atoms with Crippen LogP contribution in [0.25, 0.3) is 21.8 Å². The number of aliphatic carboxylic acids is 1. The van der Waals surface area contributed by atoms with E-state index in [-0.39, 0.29) is 0 Å². The summed E-state index contributed by atoms with van der Waals surface area (Å²) in [5.41, 5.74) is 13.2. The van der Waals surface area contributed by atoms with E-state index in [1.165, 1.54) is 6.92 Å². The second-order valence-corrected chi connectivity index (χ2v) is 5.80. The Morgan fingerprint density at radius 1 is 1.16 bits per heavy atom. The Balaban J connectivity index is 0.000000326. The van der Waals surface area contributed by atoms with Crippen molar-refractivity contribution in [2.24, 2.45) is 11.5 Å². The van der Waals surface area contributed by atoms with Gasteiger partial charge in [0.15, 0.2) is 0 Å². The fourth-order valence-electron chi connectivity index (χ4n) is 2.10. The van der Waals surface area contributed by atoms with Crippen LogP contribution in [0.5, 0.6) is 5.75 Å². The molecule has 3 aromatic rings. The van der Waals surface area contributed by atoms with Crippen LogP contribution in [0.15, 0.2) is 48.5 Å². The zero-order valence-electron chi connectivity index (χ0n) is 14.0. The fourth-order valence-corrected chi connectivity index (χ4v) is 2.10. The van der Waals surface area contributed by atoms with E-state index in [9.17, 15) is 4.79 Å². The van der Waals surface area contributed by atoms with Crippen molar-refractivity contribution in [2.45, 2.75) is 25.8 Å². The molecule has 25 heavy (non-hydrogen) atoms. The highest BCUT2D eigenvalue weighted by molar-refractivity contribution is 5.95. The molecule has 6 N–H and O–H groups in total. The van der Waals surface area contributed by atoms with Gasteiger partial charge in [-0.25, -0.2) is 9.78 Å². The first-order valence-corrected chi connectivity index (χ1v) is 7.63. The van der Waals surface area contributed by atoms with Gasteiger partial charge in [0, 0.05) is 17.7 Å². The van der Waals surface area contributed by atoms with Crippen LogP contribution in [0.3, 0.4) is 0 Å². The van der Waals surface area contributed by atoms with Gasteiger partial charge in [0.05, 0.1) is 11.0 Å². The van der Waals surface area contributed by atoms with Crippen molar-refractivity contribution in [1.82, 2.24) is 4.98 Å². The van der Waals surface area contributed by atoms with Crippen LogP contribution < -0.4 is 16.2 Å². The average molecular weight is 343 g/mol. The number of carbonyl (C=O) groups is 1. The first-order valence-electron chi connectivity index (χ1n) is 7.63. The van der Waals surface area contributed by atoms with E-state index in [4.69, 9.17) is 26.4 Å². The molecule has 0 aliphatic carbocycles. The first kappa shape index (κ1) is 18.6. The summed E-state index contributed by atoms with van der Waals surface area (Å²) in [6.45, 7) is 2.81. The number of carboxylic acids is 1. The zero-order chi connectivity index (χ0) is 18.6. The van der Waals surface area contributed by atoms with Crippen LogP contribution in [0.4, 0.5) is 0 Å². The van der Waals surface area contributed by atoms with Crippen molar-refractivity contribution in [2.75, 3.05) is 0 Å². The van der Waals surface area contributed by atoms with Crippen LogP contribution >= 0.6 is 0 Å². The average Bonchev–Trinajstić information content (AvgIpc) is 2.52. The number of aromatic nitrogens is 1. The maximum absolute atomic E-state index is 9.45. The molecule has 0 spiro atoms. The van der Waals surface area contributed by atoms with Crippen LogP contribution in [0.2, 0.25) is 0 Å². The lowest BCUT2D eigenvalue weighted by Crippen LogP contribution is -2.51. The summed E-state index contributed by atoms with van der Waals surface area (Å²) in [5.74, 6) is -1.75. The Kier molecular flexibility index (Phi) is 5.53. The molecular formula is C18H21N3O4. The summed E-state index contributed by atoms with van der Waals surface area (Å²) in [6.07, 6.45) is -1.23. The van der Waals surface area contributed by atoms with Crippen molar-refractivity contribution >= 4 is 27.8 Å². The molecule has 7 heteroatoms. The summed E-state index contributed by atoms with van der Waals surface area (Å²) in [5, 5.41) is 17.7. The maximum atomic E-state index is 9.45. The summed E-state index contributed by atoms with van der Waals surface area (Å²) in [4.78, 5) is 14.1. The minimum atomic E-state index is -1.23. The van der Waals surface area contributed by atoms with Gasteiger partial charge in [-0.1, -0.05) is 24.3 Å². The lowest BCUT2D eigenvalue weighted by molar-refractivity contribution is -0.145. The Labute approximate surface area is 144 Å². The smallest absolute Gasteiger partial charge is 0.332 e. The van der Waals surface area contributed by atoms with E-state index in [1.807, 2.05) is 48.5 Å². The van der Waals surface area contributed by atoms with E-state index in [0.29, 0.717) is 5.75 Å². The molecule has 1 unspecified atom stereocenters. The minimum Gasteiger partial charge on any atom is -0.479 e. The number of ether oxygens (including phenoxy) is 1. The summed E-state index contributed by atoms with van der Waals surface area (Å²) >= 11 is 0. The molecule has 0 fully saturated rings. The first-order chi connectivity index (χ1) is 11.7. The van der Waals surface area contributed by atoms with Gasteiger partial charge in [-0.2, -0.15) is 0 Å². The number of rotatable bonds is 3. The van der Waals surface area contributed by atoms with Crippen molar-refractivity contribution in [3.05, 3.63) is 48.5 Å². The number of nitrogens with zero attached hydrogens (tertiary/aromatic N) is 1. The van der Waals surface area contributed by atoms with Gasteiger partial charge >= 0.3 is 5.97 Å². The quantitative estimate of drug-likeness (QED) is 0.421. The van der Waals surface area contributed by atoms with Gasteiger partial charge in [0.2, 0.25) is 5.85 Å². The number of benzene rings is 2. The molecule has 1 aromatic heterocycles. The fraction of sp³-hybridized carbons (Fsp3) is 0.222.